The Balaban J connectivity index is 1.84. The molecule has 0 radical (unpaired) electrons. The van der Waals surface area contributed by atoms with Crippen molar-refractivity contribution in [2.75, 3.05) is 5.32 Å². The highest BCUT2D eigenvalue weighted by Gasteiger charge is 2.03. The highest BCUT2D eigenvalue weighted by molar-refractivity contribution is 5.87. The second-order valence-electron chi connectivity index (χ2n) is 4.36. The van der Waals surface area contributed by atoms with Crippen molar-refractivity contribution in [1.29, 1.82) is 0 Å². The van der Waals surface area contributed by atoms with Gasteiger partial charge in [0, 0.05) is 12.1 Å². The largest absolute Gasteiger partial charge is 0.437 e. The number of carbonyl (C=O) groups excluding carboxylic acids is 1. The minimum Gasteiger partial charge on any atom is -0.298 e. The second kappa shape index (κ2) is 7.09. The Kier molecular flexibility index (Phi) is 4.89. The molecule has 0 aliphatic heterocycles. The maximum absolute atomic E-state index is 11.5. The monoisotopic (exact) mass is 268 g/mol. The van der Waals surface area contributed by atoms with Crippen LogP contribution in [0, 0.1) is 0 Å². The number of rotatable bonds is 4. The minimum absolute atomic E-state index is 0.594. The smallest absolute Gasteiger partial charge is 0.298 e. The average Bonchev–Trinajstić information content (AvgIpc) is 2.47. The van der Waals surface area contributed by atoms with Crippen LogP contribution in [0.1, 0.15) is 12.5 Å². The predicted octanol–water partition coefficient (Wildman–Crippen LogP) is 3.85. The minimum atomic E-state index is -0.594. The van der Waals surface area contributed by atoms with Crippen LogP contribution in [0.3, 0.4) is 0 Å². The Morgan fingerprint density at radius 1 is 1.05 bits per heavy atom. The van der Waals surface area contributed by atoms with Gasteiger partial charge in [0.2, 0.25) is 0 Å². The number of hydrogen-bond donors (Lipinski definition) is 1. The molecule has 0 fully saturated rings. The number of carbonyl (C=O) groups is 1. The summed E-state index contributed by atoms with van der Waals surface area (Å²) in [6.07, 6.45) is 0.0584. The van der Waals surface area contributed by atoms with Crippen molar-refractivity contribution in [1.82, 2.24) is 0 Å². The van der Waals surface area contributed by atoms with E-state index in [9.17, 15) is 4.79 Å². The van der Waals surface area contributed by atoms with Gasteiger partial charge < -0.3 is 0 Å². The molecule has 2 aromatic carbocycles. The van der Waals surface area contributed by atoms with E-state index in [0.29, 0.717) is 12.1 Å². The Morgan fingerprint density at radius 3 is 2.30 bits per heavy atom. The summed E-state index contributed by atoms with van der Waals surface area (Å²) in [6, 6.07) is 19.0. The third kappa shape index (κ3) is 4.57. The first-order valence-electron chi connectivity index (χ1n) is 6.34. The number of para-hydroxylation sites is 1. The Morgan fingerprint density at radius 2 is 1.65 bits per heavy atom. The number of anilines is 1. The third-order valence-electron chi connectivity index (χ3n) is 2.61. The normalized spacial score (nSPS) is 10.9. The number of oxime groups is 1. The summed E-state index contributed by atoms with van der Waals surface area (Å²) in [6.45, 7) is 1.82. The number of nitrogens with one attached hydrogen (secondary N) is 1. The van der Waals surface area contributed by atoms with E-state index >= 15 is 0 Å². The zero-order valence-corrected chi connectivity index (χ0v) is 11.2. The Labute approximate surface area is 118 Å². The van der Waals surface area contributed by atoms with Crippen LogP contribution in [0.5, 0.6) is 0 Å². The summed E-state index contributed by atoms with van der Waals surface area (Å²) >= 11 is 0. The molecule has 4 nitrogen and oxygen atoms in total. The summed E-state index contributed by atoms with van der Waals surface area (Å²) < 4.78 is 0. The van der Waals surface area contributed by atoms with Gasteiger partial charge in [-0.1, -0.05) is 53.7 Å². The van der Waals surface area contributed by atoms with Crippen molar-refractivity contribution in [3.63, 3.8) is 0 Å². The molecule has 0 aromatic heterocycles. The van der Waals surface area contributed by atoms with Gasteiger partial charge in [-0.05, 0) is 24.6 Å². The quantitative estimate of drug-likeness (QED) is 0.520. The Hall–Kier alpha value is -2.62. The van der Waals surface area contributed by atoms with Crippen LogP contribution < -0.4 is 5.32 Å². The van der Waals surface area contributed by atoms with Gasteiger partial charge in [0.25, 0.3) is 0 Å². The van der Waals surface area contributed by atoms with Crippen LogP contribution in [0.2, 0.25) is 0 Å². The fourth-order valence-electron chi connectivity index (χ4n) is 1.71. The molecule has 0 spiro atoms. The number of nitrogens with zero attached hydrogens (tertiary/aromatic N) is 1. The molecule has 0 heterocycles. The van der Waals surface area contributed by atoms with Crippen LogP contribution in [0.4, 0.5) is 10.5 Å². The van der Waals surface area contributed by atoms with E-state index < -0.39 is 6.09 Å². The van der Waals surface area contributed by atoms with Crippen molar-refractivity contribution < 1.29 is 9.63 Å². The van der Waals surface area contributed by atoms with Gasteiger partial charge in [-0.25, -0.2) is 4.79 Å². The average molecular weight is 268 g/mol. The summed E-state index contributed by atoms with van der Waals surface area (Å²) in [5, 5.41) is 6.41. The lowest BCUT2D eigenvalue weighted by Gasteiger charge is -2.03. The van der Waals surface area contributed by atoms with E-state index in [-0.39, 0.29) is 0 Å². The van der Waals surface area contributed by atoms with Crippen LogP contribution in [0.25, 0.3) is 0 Å². The van der Waals surface area contributed by atoms with Gasteiger partial charge in [0.1, 0.15) is 0 Å². The lowest BCUT2D eigenvalue weighted by atomic mass is 10.1. The molecule has 0 atom stereocenters. The molecule has 0 aliphatic carbocycles. The number of amides is 1. The Bertz CT molecular complexity index is 580. The molecule has 102 valence electrons. The maximum atomic E-state index is 11.5. The molecular formula is C16H16N2O2. The molecular weight excluding hydrogens is 252 g/mol. The zero-order chi connectivity index (χ0) is 14.2. The number of hydrogen-bond acceptors (Lipinski definition) is 3. The van der Waals surface area contributed by atoms with Gasteiger partial charge >= 0.3 is 6.09 Å². The standard InChI is InChI=1S/C16H16N2O2/c1-13(12-14-8-4-2-5-9-14)18-20-16(19)17-15-10-6-3-7-11-15/h2-11H,12H2,1H3,(H,17,19)/b18-13-. The summed E-state index contributed by atoms with van der Waals surface area (Å²) in [4.78, 5) is 16.3. The molecule has 1 amide bonds. The summed E-state index contributed by atoms with van der Waals surface area (Å²) in [7, 11) is 0. The van der Waals surface area contributed by atoms with Gasteiger partial charge in [0.05, 0.1) is 5.71 Å². The molecule has 0 saturated heterocycles. The van der Waals surface area contributed by atoms with E-state index in [1.54, 1.807) is 12.1 Å². The van der Waals surface area contributed by atoms with Gasteiger partial charge in [-0.15, -0.1) is 0 Å². The first-order valence-corrected chi connectivity index (χ1v) is 6.34. The fraction of sp³-hybridized carbons (Fsp3) is 0.125. The van der Waals surface area contributed by atoms with Crippen molar-refractivity contribution in [3.8, 4) is 0 Å². The topological polar surface area (TPSA) is 50.7 Å². The van der Waals surface area contributed by atoms with Crippen molar-refractivity contribution in [2.45, 2.75) is 13.3 Å². The van der Waals surface area contributed by atoms with Crippen LogP contribution >= 0.6 is 0 Å². The lowest BCUT2D eigenvalue weighted by molar-refractivity contribution is 0.166. The zero-order valence-electron chi connectivity index (χ0n) is 11.2. The van der Waals surface area contributed by atoms with Gasteiger partial charge in [-0.3, -0.25) is 10.2 Å². The van der Waals surface area contributed by atoms with Gasteiger partial charge in [0.15, 0.2) is 0 Å². The van der Waals surface area contributed by atoms with Crippen LogP contribution in [0.15, 0.2) is 65.8 Å². The highest BCUT2D eigenvalue weighted by Crippen LogP contribution is 2.06. The van der Waals surface area contributed by atoms with E-state index in [1.807, 2.05) is 55.5 Å². The van der Waals surface area contributed by atoms with E-state index in [0.717, 1.165) is 11.3 Å². The summed E-state index contributed by atoms with van der Waals surface area (Å²) in [5.74, 6) is 0. The predicted molar refractivity (Wildman–Crippen MR) is 79.8 cm³/mol. The van der Waals surface area contributed by atoms with Crippen molar-refractivity contribution in [3.05, 3.63) is 66.2 Å². The lowest BCUT2D eigenvalue weighted by Crippen LogP contribution is -2.12. The van der Waals surface area contributed by atoms with Crippen LogP contribution in [-0.2, 0) is 11.3 Å². The molecule has 0 aliphatic rings. The molecule has 0 unspecified atom stereocenters. The third-order valence-corrected chi connectivity index (χ3v) is 2.61. The van der Waals surface area contributed by atoms with E-state index in [1.165, 1.54) is 0 Å². The highest BCUT2D eigenvalue weighted by atomic mass is 16.7. The fourth-order valence-corrected chi connectivity index (χ4v) is 1.71. The molecule has 2 aromatic rings. The first-order chi connectivity index (χ1) is 9.74. The van der Waals surface area contributed by atoms with Gasteiger partial charge in [-0.2, -0.15) is 0 Å². The van der Waals surface area contributed by atoms with Crippen molar-refractivity contribution in [2.24, 2.45) is 5.16 Å². The molecule has 2 rings (SSSR count). The molecule has 1 N–H and O–H groups in total. The van der Waals surface area contributed by atoms with E-state index in [2.05, 4.69) is 10.5 Å². The molecule has 4 heteroatoms. The molecule has 20 heavy (non-hydrogen) atoms. The van der Waals surface area contributed by atoms with E-state index in [4.69, 9.17) is 4.84 Å². The maximum Gasteiger partial charge on any atom is 0.437 e. The SMILES string of the molecule is C/C(Cc1ccccc1)=N/OC(=O)Nc1ccccc1. The first kappa shape index (κ1) is 13.8. The van der Waals surface area contributed by atoms with Crippen molar-refractivity contribution >= 4 is 17.5 Å². The second-order valence-corrected chi connectivity index (χ2v) is 4.36. The number of benzene rings is 2. The molecule has 0 bridgehead atoms. The van der Waals surface area contributed by atoms with Crippen LogP contribution in [-0.4, -0.2) is 11.8 Å². The summed E-state index contributed by atoms with van der Waals surface area (Å²) in [5.41, 5.74) is 2.54. The molecule has 0 saturated carbocycles.